The van der Waals surface area contributed by atoms with Gasteiger partial charge in [-0.2, -0.15) is 0 Å². The number of allylic oxidation sites excluding steroid dienone is 1. The number of carbonyl (C=O) groups excluding carboxylic acids is 1. The summed E-state index contributed by atoms with van der Waals surface area (Å²) < 4.78 is 0. The highest BCUT2D eigenvalue weighted by molar-refractivity contribution is 5.79. The Morgan fingerprint density at radius 1 is 1.73 bits per heavy atom. The number of hydrogen-bond donors (Lipinski definition) is 0. The number of hydrogen-bond acceptors (Lipinski definition) is 1. The number of carbonyl (C=O) groups is 1. The van der Waals surface area contributed by atoms with Crippen LogP contribution in [0.25, 0.3) is 0 Å². The van der Waals surface area contributed by atoms with Gasteiger partial charge in [-0.25, -0.2) is 0 Å². The lowest BCUT2D eigenvalue weighted by Gasteiger charge is -2.24. The zero-order valence-electron chi connectivity index (χ0n) is 7.18. The first-order chi connectivity index (χ1) is 5.24. The Morgan fingerprint density at radius 2 is 2.45 bits per heavy atom. The van der Waals surface area contributed by atoms with Gasteiger partial charge in [0.1, 0.15) is 5.78 Å². The molecule has 1 rings (SSSR count). The van der Waals surface area contributed by atoms with Crippen LogP contribution in [0.3, 0.4) is 0 Å². The van der Waals surface area contributed by atoms with Crippen molar-refractivity contribution in [2.24, 2.45) is 11.8 Å². The quantitative estimate of drug-likeness (QED) is 0.556. The molecule has 1 fully saturated rings. The summed E-state index contributed by atoms with van der Waals surface area (Å²) in [6.45, 7) is 5.90. The van der Waals surface area contributed by atoms with Crippen LogP contribution in [0.5, 0.6) is 0 Å². The van der Waals surface area contributed by atoms with E-state index in [0.29, 0.717) is 17.6 Å². The molecule has 0 aromatic heterocycles. The molecule has 0 bridgehead atoms. The fourth-order valence-corrected chi connectivity index (χ4v) is 1.70. The van der Waals surface area contributed by atoms with Crippen molar-refractivity contribution in [3.63, 3.8) is 0 Å². The van der Waals surface area contributed by atoms with Crippen LogP contribution in [0.1, 0.15) is 32.6 Å². The molecule has 0 unspecified atom stereocenters. The van der Waals surface area contributed by atoms with Gasteiger partial charge in [0.2, 0.25) is 0 Å². The molecular formula is C10H16O. The summed E-state index contributed by atoms with van der Waals surface area (Å²) in [6, 6.07) is 0. The number of rotatable bonds is 2. The smallest absolute Gasteiger partial charge is 0.133 e. The summed E-state index contributed by atoms with van der Waals surface area (Å²) in [7, 11) is 0. The molecule has 2 atom stereocenters. The molecule has 0 heterocycles. The molecule has 0 N–H and O–H groups in total. The van der Waals surface area contributed by atoms with Gasteiger partial charge >= 0.3 is 0 Å². The molecule has 0 spiro atoms. The second kappa shape index (κ2) is 3.70. The molecular weight excluding hydrogens is 136 g/mol. The summed E-state index contributed by atoms with van der Waals surface area (Å²) in [5.74, 6) is 1.53. The van der Waals surface area contributed by atoms with Gasteiger partial charge in [-0.05, 0) is 24.7 Å². The highest BCUT2D eigenvalue weighted by Crippen LogP contribution is 2.28. The highest BCUT2D eigenvalue weighted by atomic mass is 16.1. The fraction of sp³-hybridized carbons (Fsp3) is 0.700. The molecule has 0 saturated heterocycles. The van der Waals surface area contributed by atoms with Gasteiger partial charge in [0.05, 0.1) is 0 Å². The zero-order valence-corrected chi connectivity index (χ0v) is 7.18. The van der Waals surface area contributed by atoms with E-state index in [4.69, 9.17) is 0 Å². The first kappa shape index (κ1) is 8.51. The number of Topliss-reactive ketones (excluding diaryl/α,β-unsaturated/α-hetero) is 1. The van der Waals surface area contributed by atoms with E-state index < -0.39 is 0 Å². The normalized spacial score (nSPS) is 28.1. The maximum Gasteiger partial charge on any atom is 0.133 e. The topological polar surface area (TPSA) is 17.1 Å². The monoisotopic (exact) mass is 152 g/mol. The molecule has 1 aliphatic carbocycles. The second-order valence-electron chi connectivity index (χ2n) is 3.49. The Kier molecular flexibility index (Phi) is 2.86. The molecule has 11 heavy (non-hydrogen) atoms. The van der Waals surface area contributed by atoms with Crippen LogP contribution in [0.2, 0.25) is 0 Å². The van der Waals surface area contributed by atoms with E-state index in [2.05, 4.69) is 13.5 Å². The molecule has 0 aromatic carbocycles. The number of ketones is 1. The van der Waals surface area contributed by atoms with Gasteiger partial charge < -0.3 is 0 Å². The molecule has 0 aromatic rings. The Balaban J connectivity index is 2.45. The third-order valence-corrected chi connectivity index (χ3v) is 2.64. The van der Waals surface area contributed by atoms with E-state index in [9.17, 15) is 4.79 Å². The van der Waals surface area contributed by atoms with Crippen molar-refractivity contribution in [2.45, 2.75) is 32.6 Å². The minimum atomic E-state index is 0.440. The highest BCUT2D eigenvalue weighted by Gasteiger charge is 2.22. The fourth-order valence-electron chi connectivity index (χ4n) is 1.70. The van der Waals surface area contributed by atoms with Crippen LogP contribution in [-0.2, 0) is 4.79 Å². The van der Waals surface area contributed by atoms with Gasteiger partial charge in [0.15, 0.2) is 0 Å². The van der Waals surface area contributed by atoms with Crippen LogP contribution in [0.4, 0.5) is 0 Å². The molecule has 1 nitrogen and oxygen atoms in total. The maximum absolute atomic E-state index is 11.1. The van der Waals surface area contributed by atoms with Crippen molar-refractivity contribution in [1.29, 1.82) is 0 Å². The van der Waals surface area contributed by atoms with Crippen LogP contribution in [0, 0.1) is 11.8 Å². The second-order valence-corrected chi connectivity index (χ2v) is 3.49. The lowest BCUT2D eigenvalue weighted by atomic mass is 9.80. The predicted molar refractivity (Wildman–Crippen MR) is 46.3 cm³/mol. The van der Waals surface area contributed by atoms with Crippen molar-refractivity contribution in [3.8, 4) is 0 Å². The zero-order chi connectivity index (χ0) is 8.27. The van der Waals surface area contributed by atoms with E-state index in [1.165, 1.54) is 6.42 Å². The largest absolute Gasteiger partial charge is 0.300 e. The Labute approximate surface area is 68.5 Å². The van der Waals surface area contributed by atoms with Crippen LogP contribution in [-0.4, -0.2) is 5.78 Å². The molecule has 1 saturated carbocycles. The molecule has 1 aliphatic rings. The minimum Gasteiger partial charge on any atom is -0.300 e. The van der Waals surface area contributed by atoms with Gasteiger partial charge in [-0.15, -0.1) is 6.58 Å². The summed E-state index contributed by atoms with van der Waals surface area (Å²) >= 11 is 0. The van der Waals surface area contributed by atoms with E-state index in [1.54, 1.807) is 0 Å². The van der Waals surface area contributed by atoms with Crippen molar-refractivity contribution in [3.05, 3.63) is 12.7 Å². The minimum absolute atomic E-state index is 0.440. The third-order valence-electron chi connectivity index (χ3n) is 2.64. The van der Waals surface area contributed by atoms with Gasteiger partial charge in [-0.3, -0.25) is 4.79 Å². The van der Waals surface area contributed by atoms with Crippen LogP contribution >= 0.6 is 0 Å². The van der Waals surface area contributed by atoms with Gasteiger partial charge in [-0.1, -0.05) is 13.0 Å². The average Bonchev–Trinajstić information content (AvgIpc) is 2.03. The summed E-state index contributed by atoms with van der Waals surface area (Å²) in [4.78, 5) is 11.1. The molecule has 0 radical (unpaired) electrons. The van der Waals surface area contributed by atoms with Crippen molar-refractivity contribution >= 4 is 5.78 Å². The summed E-state index contributed by atoms with van der Waals surface area (Å²) in [6.07, 6.45) is 5.84. The van der Waals surface area contributed by atoms with Gasteiger partial charge in [0, 0.05) is 12.8 Å². The lowest BCUT2D eigenvalue weighted by molar-refractivity contribution is -0.121. The third kappa shape index (κ3) is 2.18. The predicted octanol–water partition coefficient (Wildman–Crippen LogP) is 2.57. The molecule has 1 heteroatoms. The molecule has 62 valence electrons. The summed E-state index contributed by atoms with van der Waals surface area (Å²) in [5.41, 5.74) is 0. The average molecular weight is 152 g/mol. The van der Waals surface area contributed by atoms with Crippen molar-refractivity contribution in [1.82, 2.24) is 0 Å². The first-order valence-electron chi connectivity index (χ1n) is 4.38. The SMILES string of the molecule is C=C[C@H](C)[C@@H]1CCCC(=O)C1. The lowest BCUT2D eigenvalue weighted by Crippen LogP contribution is -2.19. The maximum atomic E-state index is 11.1. The molecule has 0 amide bonds. The van der Waals surface area contributed by atoms with Crippen molar-refractivity contribution < 1.29 is 4.79 Å². The van der Waals surface area contributed by atoms with Gasteiger partial charge in [0.25, 0.3) is 0 Å². The van der Waals surface area contributed by atoms with Crippen LogP contribution < -0.4 is 0 Å². The Bertz CT molecular complexity index is 160. The Morgan fingerprint density at radius 3 is 3.00 bits per heavy atom. The van der Waals surface area contributed by atoms with E-state index in [0.717, 1.165) is 19.3 Å². The summed E-state index contributed by atoms with van der Waals surface area (Å²) in [5, 5.41) is 0. The van der Waals surface area contributed by atoms with Crippen LogP contribution in [0.15, 0.2) is 12.7 Å². The van der Waals surface area contributed by atoms with E-state index >= 15 is 0 Å². The first-order valence-corrected chi connectivity index (χ1v) is 4.38. The Hall–Kier alpha value is -0.590. The molecule has 0 aliphatic heterocycles. The van der Waals surface area contributed by atoms with Crippen molar-refractivity contribution in [2.75, 3.05) is 0 Å². The van der Waals surface area contributed by atoms with E-state index in [1.807, 2.05) is 6.08 Å². The standard InChI is InChI=1S/C10H16O/c1-3-8(2)9-5-4-6-10(11)7-9/h3,8-9H,1,4-7H2,2H3/t8-,9+/m0/s1. The van der Waals surface area contributed by atoms with E-state index in [-0.39, 0.29) is 0 Å².